The Labute approximate surface area is 123 Å². The van der Waals surface area contributed by atoms with Crippen LogP contribution in [0, 0.1) is 0 Å². The third-order valence-corrected chi connectivity index (χ3v) is 3.36. The van der Waals surface area contributed by atoms with Crippen molar-refractivity contribution in [3.8, 4) is 0 Å². The first-order valence-corrected chi connectivity index (χ1v) is 7.09. The van der Waals surface area contributed by atoms with E-state index in [1.165, 1.54) is 16.0 Å². The van der Waals surface area contributed by atoms with E-state index in [0.717, 1.165) is 19.4 Å². The highest BCUT2D eigenvalue weighted by molar-refractivity contribution is 5.46. The molecule has 4 nitrogen and oxygen atoms in total. The number of rotatable bonds is 5. The second kappa shape index (κ2) is 6.22. The summed E-state index contributed by atoms with van der Waals surface area (Å²) < 4.78 is 1.54. The van der Waals surface area contributed by atoms with Gasteiger partial charge in [-0.05, 0) is 30.5 Å². The number of pyridine rings is 1. The van der Waals surface area contributed by atoms with Gasteiger partial charge in [-0.15, -0.1) is 0 Å². The summed E-state index contributed by atoms with van der Waals surface area (Å²) in [5.41, 5.74) is 1.92. The van der Waals surface area contributed by atoms with E-state index in [-0.39, 0.29) is 5.56 Å². The molecular weight excluding hydrogens is 262 g/mol. The Bertz CT molecular complexity index is 781. The molecule has 3 rings (SSSR count). The van der Waals surface area contributed by atoms with Crippen LogP contribution in [0.5, 0.6) is 0 Å². The van der Waals surface area contributed by atoms with E-state index in [0.29, 0.717) is 11.5 Å². The summed E-state index contributed by atoms with van der Waals surface area (Å²) in [5.74, 6) is 0.638. The van der Waals surface area contributed by atoms with Crippen molar-refractivity contribution in [2.24, 2.45) is 0 Å². The molecule has 0 aliphatic rings. The van der Waals surface area contributed by atoms with Gasteiger partial charge in [-0.2, -0.15) is 0 Å². The van der Waals surface area contributed by atoms with Crippen LogP contribution in [-0.2, 0) is 6.42 Å². The van der Waals surface area contributed by atoms with Crippen LogP contribution in [0.3, 0.4) is 0 Å². The number of benzene rings is 1. The molecule has 4 heteroatoms. The van der Waals surface area contributed by atoms with E-state index < -0.39 is 0 Å². The van der Waals surface area contributed by atoms with Gasteiger partial charge in [-0.1, -0.05) is 36.4 Å². The van der Waals surface area contributed by atoms with Crippen LogP contribution in [0.1, 0.15) is 12.0 Å². The van der Waals surface area contributed by atoms with Crippen LogP contribution in [0.25, 0.3) is 5.65 Å². The second-order valence-corrected chi connectivity index (χ2v) is 4.92. The average molecular weight is 279 g/mol. The van der Waals surface area contributed by atoms with Crippen LogP contribution in [0.4, 0.5) is 5.82 Å². The van der Waals surface area contributed by atoms with Crippen molar-refractivity contribution in [3.05, 3.63) is 76.7 Å². The van der Waals surface area contributed by atoms with Crippen molar-refractivity contribution >= 4 is 11.5 Å². The molecule has 0 radical (unpaired) electrons. The van der Waals surface area contributed by atoms with Gasteiger partial charge in [-0.3, -0.25) is 9.20 Å². The molecule has 1 aromatic carbocycles. The van der Waals surface area contributed by atoms with Gasteiger partial charge in [0.25, 0.3) is 5.56 Å². The maximum Gasteiger partial charge on any atom is 0.259 e. The monoisotopic (exact) mass is 279 g/mol. The van der Waals surface area contributed by atoms with Gasteiger partial charge in [0.1, 0.15) is 11.5 Å². The molecule has 0 unspecified atom stereocenters. The topological polar surface area (TPSA) is 46.4 Å². The zero-order chi connectivity index (χ0) is 14.5. The predicted octanol–water partition coefficient (Wildman–Crippen LogP) is 2.74. The normalized spacial score (nSPS) is 10.7. The highest BCUT2D eigenvalue weighted by atomic mass is 16.1. The maximum absolute atomic E-state index is 11.9. The van der Waals surface area contributed by atoms with E-state index in [4.69, 9.17) is 0 Å². The van der Waals surface area contributed by atoms with Crippen molar-refractivity contribution in [1.82, 2.24) is 9.38 Å². The predicted molar refractivity (Wildman–Crippen MR) is 84.7 cm³/mol. The van der Waals surface area contributed by atoms with E-state index in [1.54, 1.807) is 6.20 Å². The molecule has 0 saturated carbocycles. The van der Waals surface area contributed by atoms with E-state index >= 15 is 0 Å². The summed E-state index contributed by atoms with van der Waals surface area (Å²) >= 11 is 0. The summed E-state index contributed by atoms with van der Waals surface area (Å²) in [5, 5.41) is 3.22. The molecule has 0 spiro atoms. The van der Waals surface area contributed by atoms with E-state index in [9.17, 15) is 4.79 Å². The Morgan fingerprint density at radius 3 is 2.71 bits per heavy atom. The molecule has 1 N–H and O–H groups in total. The lowest BCUT2D eigenvalue weighted by atomic mass is 10.1. The summed E-state index contributed by atoms with van der Waals surface area (Å²) in [6.07, 6.45) is 3.74. The van der Waals surface area contributed by atoms with Crippen LogP contribution in [0.15, 0.2) is 65.6 Å². The number of hydrogen-bond donors (Lipinski definition) is 1. The molecular formula is C17H17N3O. The van der Waals surface area contributed by atoms with Crippen molar-refractivity contribution in [2.45, 2.75) is 12.8 Å². The van der Waals surface area contributed by atoms with Crippen LogP contribution < -0.4 is 10.9 Å². The first kappa shape index (κ1) is 13.4. The van der Waals surface area contributed by atoms with Gasteiger partial charge in [0.15, 0.2) is 0 Å². The number of hydrogen-bond acceptors (Lipinski definition) is 3. The minimum atomic E-state index is -0.0637. The van der Waals surface area contributed by atoms with Crippen LogP contribution in [-0.4, -0.2) is 15.9 Å². The Hall–Kier alpha value is -2.62. The molecule has 0 aliphatic heterocycles. The van der Waals surface area contributed by atoms with Crippen molar-refractivity contribution in [2.75, 3.05) is 11.9 Å². The minimum absolute atomic E-state index is 0.0637. The Morgan fingerprint density at radius 1 is 1.05 bits per heavy atom. The lowest BCUT2D eigenvalue weighted by Crippen LogP contribution is -2.16. The van der Waals surface area contributed by atoms with Gasteiger partial charge >= 0.3 is 0 Å². The largest absolute Gasteiger partial charge is 0.370 e. The minimum Gasteiger partial charge on any atom is -0.370 e. The quantitative estimate of drug-likeness (QED) is 0.730. The van der Waals surface area contributed by atoms with Crippen molar-refractivity contribution in [3.63, 3.8) is 0 Å². The smallest absolute Gasteiger partial charge is 0.259 e. The van der Waals surface area contributed by atoms with Crippen molar-refractivity contribution in [1.29, 1.82) is 0 Å². The van der Waals surface area contributed by atoms with Crippen molar-refractivity contribution < 1.29 is 0 Å². The Kier molecular flexibility index (Phi) is 3.96. The molecule has 106 valence electrons. The fourth-order valence-electron chi connectivity index (χ4n) is 2.30. The number of aryl methyl sites for hydroxylation is 1. The molecule has 2 aromatic heterocycles. The van der Waals surface area contributed by atoms with Crippen LogP contribution in [0.2, 0.25) is 0 Å². The second-order valence-electron chi connectivity index (χ2n) is 4.92. The molecule has 0 bridgehead atoms. The molecule has 21 heavy (non-hydrogen) atoms. The third-order valence-electron chi connectivity index (χ3n) is 3.36. The summed E-state index contributed by atoms with van der Waals surface area (Å²) in [6.45, 7) is 0.796. The standard InChI is InChI=1S/C17H17N3O/c21-17-13-15(19-16-10-4-5-12-20(16)17)18-11-6-9-14-7-2-1-3-8-14/h1-5,7-8,10,12-13,18H,6,9,11H2. The lowest BCUT2D eigenvalue weighted by Gasteiger charge is -2.07. The Morgan fingerprint density at radius 2 is 1.86 bits per heavy atom. The summed E-state index contributed by atoms with van der Waals surface area (Å²) in [6, 6.07) is 17.4. The number of nitrogens with one attached hydrogen (secondary N) is 1. The van der Waals surface area contributed by atoms with Crippen LogP contribution >= 0.6 is 0 Å². The highest BCUT2D eigenvalue weighted by Gasteiger charge is 2.00. The van der Waals surface area contributed by atoms with Gasteiger partial charge in [0, 0.05) is 18.8 Å². The molecule has 0 saturated heterocycles. The maximum atomic E-state index is 11.9. The zero-order valence-electron chi connectivity index (χ0n) is 11.7. The average Bonchev–Trinajstić information content (AvgIpc) is 2.53. The fraction of sp³-hybridized carbons (Fsp3) is 0.176. The van der Waals surface area contributed by atoms with E-state index in [2.05, 4.69) is 34.6 Å². The number of aromatic nitrogens is 2. The first-order chi connectivity index (χ1) is 10.3. The van der Waals surface area contributed by atoms with Gasteiger partial charge < -0.3 is 5.32 Å². The molecule has 0 aliphatic carbocycles. The van der Waals surface area contributed by atoms with Gasteiger partial charge in [-0.25, -0.2) is 4.98 Å². The van der Waals surface area contributed by atoms with E-state index in [1.807, 2.05) is 24.3 Å². The zero-order valence-corrected chi connectivity index (χ0v) is 11.7. The molecule has 2 heterocycles. The summed E-state index contributed by atoms with van der Waals surface area (Å²) in [7, 11) is 0. The molecule has 0 fully saturated rings. The van der Waals surface area contributed by atoms with Gasteiger partial charge in [0.05, 0.1) is 0 Å². The number of nitrogens with zero attached hydrogens (tertiary/aromatic N) is 2. The Balaban J connectivity index is 1.62. The van der Waals surface area contributed by atoms with Gasteiger partial charge in [0.2, 0.25) is 0 Å². The SMILES string of the molecule is O=c1cc(NCCCc2ccccc2)nc2ccccn12. The third kappa shape index (κ3) is 3.28. The molecule has 0 amide bonds. The lowest BCUT2D eigenvalue weighted by molar-refractivity contribution is 0.857. The molecule has 0 atom stereocenters. The summed E-state index contributed by atoms with van der Waals surface area (Å²) in [4.78, 5) is 16.4. The molecule has 3 aromatic rings. The fourth-order valence-corrected chi connectivity index (χ4v) is 2.30. The number of fused-ring (bicyclic) bond motifs is 1. The number of anilines is 1. The highest BCUT2D eigenvalue weighted by Crippen LogP contribution is 2.05. The first-order valence-electron chi connectivity index (χ1n) is 7.09.